The van der Waals surface area contributed by atoms with Crippen molar-refractivity contribution in [2.45, 2.75) is 117 Å². The van der Waals surface area contributed by atoms with Gasteiger partial charge < -0.3 is 0 Å². The third-order valence-electron chi connectivity index (χ3n) is 7.50. The van der Waals surface area contributed by atoms with Gasteiger partial charge in [-0.3, -0.25) is 0 Å². The van der Waals surface area contributed by atoms with E-state index in [-0.39, 0.29) is 10.8 Å². The van der Waals surface area contributed by atoms with Gasteiger partial charge in [-0.2, -0.15) is 0 Å². The molecule has 0 amide bonds. The van der Waals surface area contributed by atoms with Crippen molar-refractivity contribution >= 4 is 0 Å². The summed E-state index contributed by atoms with van der Waals surface area (Å²) >= 11 is 0. The summed E-state index contributed by atoms with van der Waals surface area (Å²) in [6, 6.07) is 10.2. The molecule has 0 N–H and O–H groups in total. The number of hydrogen-bond acceptors (Lipinski definition) is 0. The molecule has 4 rings (SSSR count). The van der Waals surface area contributed by atoms with Crippen molar-refractivity contribution in [1.82, 2.24) is 0 Å². The van der Waals surface area contributed by atoms with Gasteiger partial charge in [-0.25, -0.2) is 0 Å². The minimum absolute atomic E-state index is 0.211. The highest BCUT2D eigenvalue weighted by Gasteiger charge is 2.25. The number of rotatable bonds is 0. The van der Waals surface area contributed by atoms with Gasteiger partial charge in [0.2, 0.25) is 0 Å². The summed E-state index contributed by atoms with van der Waals surface area (Å²) < 4.78 is 0. The summed E-state index contributed by atoms with van der Waals surface area (Å²) in [5.41, 5.74) is 13.4. The lowest BCUT2D eigenvalue weighted by Gasteiger charge is -2.25. The SMILES string of the molecule is CC(C)(C)c1cc2c3c(c1)Cc1cc(C(C)(C)C)cc(c1CC3)CCCCCCC2. The lowest BCUT2D eigenvalue weighted by Crippen LogP contribution is -2.14. The largest absolute Gasteiger partial charge is 0.0561 e. The van der Waals surface area contributed by atoms with Crippen molar-refractivity contribution in [1.29, 1.82) is 0 Å². The zero-order valence-electron chi connectivity index (χ0n) is 20.4. The van der Waals surface area contributed by atoms with Gasteiger partial charge in [0, 0.05) is 0 Å². The van der Waals surface area contributed by atoms with E-state index in [4.69, 9.17) is 0 Å². The molecule has 2 bridgehead atoms. The van der Waals surface area contributed by atoms with Gasteiger partial charge in [-0.1, -0.05) is 85.1 Å². The van der Waals surface area contributed by atoms with Crippen LogP contribution in [0.15, 0.2) is 24.3 Å². The third-order valence-corrected chi connectivity index (χ3v) is 7.50. The van der Waals surface area contributed by atoms with E-state index < -0.39 is 0 Å². The Morgan fingerprint density at radius 1 is 0.467 bits per heavy atom. The minimum atomic E-state index is 0.211. The topological polar surface area (TPSA) is 0 Å². The fourth-order valence-electron chi connectivity index (χ4n) is 5.48. The Hall–Kier alpha value is -1.56. The van der Waals surface area contributed by atoms with Crippen molar-refractivity contribution in [3.8, 4) is 0 Å². The molecule has 0 radical (unpaired) electrons. The summed E-state index contributed by atoms with van der Waals surface area (Å²) in [6.07, 6.45) is 13.0. The van der Waals surface area contributed by atoms with Crippen molar-refractivity contribution in [3.63, 3.8) is 0 Å². The molecule has 0 atom stereocenters. The molecule has 0 nitrogen and oxygen atoms in total. The maximum atomic E-state index is 2.57. The Morgan fingerprint density at radius 2 is 0.833 bits per heavy atom. The van der Waals surface area contributed by atoms with Gasteiger partial charge in [-0.05, 0) is 100 Å². The van der Waals surface area contributed by atoms with Crippen molar-refractivity contribution in [2.24, 2.45) is 0 Å². The fraction of sp³-hybridized carbons (Fsp3) is 0.600. The maximum absolute atomic E-state index is 2.57. The minimum Gasteiger partial charge on any atom is -0.0561 e. The summed E-state index contributed by atoms with van der Waals surface area (Å²) in [4.78, 5) is 0. The van der Waals surface area contributed by atoms with E-state index in [9.17, 15) is 0 Å². The normalized spacial score (nSPS) is 17.7. The van der Waals surface area contributed by atoms with Crippen molar-refractivity contribution in [3.05, 3.63) is 68.8 Å². The molecule has 0 aliphatic heterocycles. The van der Waals surface area contributed by atoms with Gasteiger partial charge in [0.05, 0.1) is 0 Å². The van der Waals surface area contributed by atoms with E-state index in [0.29, 0.717) is 0 Å². The van der Waals surface area contributed by atoms with Crippen LogP contribution in [0.4, 0.5) is 0 Å². The first-order valence-corrected chi connectivity index (χ1v) is 12.4. The Labute approximate surface area is 185 Å². The molecule has 0 saturated heterocycles. The van der Waals surface area contributed by atoms with Crippen LogP contribution in [0.25, 0.3) is 0 Å². The summed E-state index contributed by atoms with van der Waals surface area (Å²) in [5, 5.41) is 0. The average Bonchev–Trinajstić information content (AvgIpc) is 2.83. The predicted octanol–water partition coefficient (Wildman–Crippen LogP) is 8.02. The van der Waals surface area contributed by atoms with E-state index >= 15 is 0 Å². The van der Waals surface area contributed by atoms with Crippen LogP contribution in [0.5, 0.6) is 0 Å². The smallest absolute Gasteiger partial charge is 0.00199 e. The molecule has 2 aliphatic carbocycles. The van der Waals surface area contributed by atoms with E-state index in [1.165, 1.54) is 68.9 Å². The van der Waals surface area contributed by atoms with Gasteiger partial charge in [0.25, 0.3) is 0 Å². The van der Waals surface area contributed by atoms with Crippen LogP contribution in [0.3, 0.4) is 0 Å². The molecule has 0 heteroatoms. The molecule has 2 aliphatic rings. The number of benzene rings is 2. The number of aryl methyl sites for hydroxylation is 2. The molecular formula is C30H42. The molecule has 0 spiro atoms. The summed E-state index contributed by atoms with van der Waals surface area (Å²) in [5.74, 6) is 0. The number of hydrogen-bond donors (Lipinski definition) is 0. The van der Waals surface area contributed by atoms with Gasteiger partial charge in [0.15, 0.2) is 0 Å². The Bertz CT molecular complexity index is 839. The predicted molar refractivity (Wildman–Crippen MR) is 131 cm³/mol. The zero-order valence-corrected chi connectivity index (χ0v) is 20.4. The zero-order chi connectivity index (χ0) is 21.5. The van der Waals surface area contributed by atoms with E-state index in [1.54, 1.807) is 33.4 Å². The molecule has 30 heavy (non-hydrogen) atoms. The molecule has 0 saturated carbocycles. The monoisotopic (exact) mass is 402 g/mol. The van der Waals surface area contributed by atoms with Crippen molar-refractivity contribution < 1.29 is 0 Å². The van der Waals surface area contributed by atoms with Crippen LogP contribution >= 0.6 is 0 Å². The average molecular weight is 403 g/mol. The summed E-state index contributed by atoms with van der Waals surface area (Å²) in [7, 11) is 0. The first-order chi connectivity index (χ1) is 14.1. The second kappa shape index (κ2) is 8.18. The quantitative estimate of drug-likeness (QED) is 0.418. The first kappa shape index (κ1) is 21.7. The van der Waals surface area contributed by atoms with Crippen LogP contribution in [-0.2, 0) is 42.9 Å². The van der Waals surface area contributed by atoms with Gasteiger partial charge in [0.1, 0.15) is 0 Å². The van der Waals surface area contributed by atoms with Crippen LogP contribution < -0.4 is 0 Å². The highest BCUT2D eigenvalue weighted by molar-refractivity contribution is 5.51. The first-order valence-electron chi connectivity index (χ1n) is 12.4. The van der Waals surface area contributed by atoms with Gasteiger partial charge >= 0.3 is 0 Å². The molecule has 0 unspecified atom stereocenters. The van der Waals surface area contributed by atoms with Crippen molar-refractivity contribution in [2.75, 3.05) is 0 Å². The number of fused-ring (bicyclic) bond motifs is 1. The Morgan fingerprint density at radius 3 is 1.23 bits per heavy atom. The summed E-state index contributed by atoms with van der Waals surface area (Å²) in [6.45, 7) is 14.2. The molecule has 2 aromatic carbocycles. The lowest BCUT2D eigenvalue weighted by molar-refractivity contribution is 0.583. The molecule has 0 heterocycles. The van der Waals surface area contributed by atoms with E-state index in [0.717, 1.165) is 6.42 Å². The Kier molecular flexibility index (Phi) is 5.90. The molecular weight excluding hydrogens is 360 g/mol. The van der Waals surface area contributed by atoms with Crippen LogP contribution in [0.2, 0.25) is 0 Å². The molecule has 2 aromatic rings. The highest BCUT2D eigenvalue weighted by Crippen LogP contribution is 2.36. The van der Waals surface area contributed by atoms with E-state index in [2.05, 4.69) is 65.8 Å². The standard InChI is InChI=1S/C30H42/c1-29(2,3)25-17-21-12-10-8-7-9-11-13-22-18-26(30(4,5)6)20-24-16-23(19-25)27(21)14-15-28(22)24/h17-20H,7-16H2,1-6H3. The molecule has 0 fully saturated rings. The maximum Gasteiger partial charge on any atom is -0.00199 e. The molecule has 162 valence electrons. The van der Waals surface area contributed by atoms with Crippen LogP contribution in [-0.4, -0.2) is 0 Å². The lowest BCUT2D eigenvalue weighted by atomic mass is 9.80. The fourth-order valence-corrected chi connectivity index (χ4v) is 5.48. The third kappa shape index (κ3) is 4.53. The van der Waals surface area contributed by atoms with E-state index in [1.807, 2.05) is 0 Å². The van der Waals surface area contributed by atoms with Crippen LogP contribution in [0, 0.1) is 0 Å². The second-order valence-corrected chi connectivity index (χ2v) is 12.0. The highest BCUT2D eigenvalue weighted by atomic mass is 14.3. The second-order valence-electron chi connectivity index (χ2n) is 12.0. The van der Waals surface area contributed by atoms with Gasteiger partial charge in [-0.15, -0.1) is 0 Å². The molecule has 0 aromatic heterocycles. The van der Waals surface area contributed by atoms with Crippen LogP contribution in [0.1, 0.15) is 118 Å². The Balaban J connectivity index is 1.90.